The molecule has 0 fully saturated rings. The first-order valence-corrected chi connectivity index (χ1v) is 5.43. The summed E-state index contributed by atoms with van der Waals surface area (Å²) < 4.78 is 5.63. The summed E-state index contributed by atoms with van der Waals surface area (Å²) in [5.74, 6) is 0.472. The first kappa shape index (κ1) is 10.4. The summed E-state index contributed by atoms with van der Waals surface area (Å²) in [6.45, 7) is 0. The molecule has 0 aliphatic heterocycles. The summed E-state index contributed by atoms with van der Waals surface area (Å²) in [4.78, 5) is 4.36. The first-order chi connectivity index (χ1) is 8.78. The van der Waals surface area contributed by atoms with Crippen LogP contribution in [0.15, 0.2) is 46.9 Å². The van der Waals surface area contributed by atoms with Gasteiger partial charge in [-0.3, -0.25) is 0 Å². The Bertz CT molecular complexity index is 768. The molecule has 0 atom stereocenters. The molecule has 2 N–H and O–H groups in total. The normalized spacial score (nSPS) is 10.4. The van der Waals surface area contributed by atoms with Crippen LogP contribution in [-0.4, -0.2) is 4.98 Å². The van der Waals surface area contributed by atoms with Gasteiger partial charge in [0.15, 0.2) is 5.58 Å². The number of hydrogen-bond donors (Lipinski definition) is 1. The number of hydrogen-bond acceptors (Lipinski definition) is 4. The maximum atomic E-state index is 8.87. The molecule has 4 heteroatoms. The van der Waals surface area contributed by atoms with Gasteiger partial charge in [-0.15, -0.1) is 0 Å². The molecule has 4 nitrogen and oxygen atoms in total. The van der Waals surface area contributed by atoms with Gasteiger partial charge in [-0.05, 0) is 30.3 Å². The number of aromatic nitrogens is 1. The second kappa shape index (κ2) is 3.90. The molecule has 0 spiro atoms. The lowest BCUT2D eigenvalue weighted by Crippen LogP contribution is -1.85. The average Bonchev–Trinajstić information content (AvgIpc) is 2.84. The van der Waals surface area contributed by atoms with Crippen LogP contribution in [-0.2, 0) is 0 Å². The molecule has 0 radical (unpaired) electrons. The number of benzene rings is 2. The molecular formula is C14H9N3O. The van der Waals surface area contributed by atoms with Crippen molar-refractivity contribution in [1.82, 2.24) is 4.98 Å². The fourth-order valence-electron chi connectivity index (χ4n) is 1.82. The van der Waals surface area contributed by atoms with Crippen molar-refractivity contribution in [1.29, 1.82) is 5.26 Å². The van der Waals surface area contributed by atoms with E-state index >= 15 is 0 Å². The molecule has 0 aliphatic rings. The third kappa shape index (κ3) is 1.59. The van der Waals surface area contributed by atoms with Gasteiger partial charge in [0.25, 0.3) is 0 Å². The molecule has 18 heavy (non-hydrogen) atoms. The maximum absolute atomic E-state index is 8.87. The van der Waals surface area contributed by atoms with Crippen LogP contribution in [0.25, 0.3) is 22.6 Å². The zero-order chi connectivity index (χ0) is 12.5. The first-order valence-electron chi connectivity index (χ1n) is 5.43. The van der Waals surface area contributed by atoms with Gasteiger partial charge < -0.3 is 10.2 Å². The van der Waals surface area contributed by atoms with Crippen LogP contribution in [0, 0.1) is 11.3 Å². The third-order valence-electron chi connectivity index (χ3n) is 2.69. The molecule has 1 aromatic heterocycles. The summed E-state index contributed by atoms with van der Waals surface area (Å²) >= 11 is 0. The Morgan fingerprint density at radius 1 is 1.17 bits per heavy atom. The second-order valence-corrected chi connectivity index (χ2v) is 3.91. The van der Waals surface area contributed by atoms with Crippen molar-refractivity contribution in [2.45, 2.75) is 0 Å². The van der Waals surface area contributed by atoms with Crippen LogP contribution in [0.3, 0.4) is 0 Å². The highest BCUT2D eigenvalue weighted by Gasteiger charge is 2.10. The number of anilines is 1. The Morgan fingerprint density at radius 3 is 2.78 bits per heavy atom. The van der Waals surface area contributed by atoms with Gasteiger partial charge >= 0.3 is 0 Å². The molecule has 3 aromatic rings. The summed E-state index contributed by atoms with van der Waals surface area (Å²) in [7, 11) is 0. The Morgan fingerprint density at radius 2 is 2.00 bits per heavy atom. The van der Waals surface area contributed by atoms with Crippen LogP contribution < -0.4 is 5.73 Å². The van der Waals surface area contributed by atoms with Crippen LogP contribution >= 0.6 is 0 Å². The standard InChI is InChI=1S/C14H9N3O/c15-8-9-3-1-4-10(7-9)14-17-13-11(16)5-2-6-12(13)18-14/h1-7H,16H2. The van der Waals surface area contributed by atoms with E-state index in [1.54, 1.807) is 24.3 Å². The molecule has 0 bridgehead atoms. The number of nitriles is 1. The number of para-hydroxylation sites is 1. The quantitative estimate of drug-likeness (QED) is 0.658. The van der Waals surface area contributed by atoms with E-state index in [-0.39, 0.29) is 0 Å². The monoisotopic (exact) mass is 235 g/mol. The minimum atomic E-state index is 0.472. The fourth-order valence-corrected chi connectivity index (χ4v) is 1.82. The van der Waals surface area contributed by atoms with E-state index in [4.69, 9.17) is 15.4 Å². The largest absolute Gasteiger partial charge is 0.436 e. The maximum Gasteiger partial charge on any atom is 0.227 e. The number of nitrogens with zero attached hydrogens (tertiary/aromatic N) is 2. The van der Waals surface area contributed by atoms with E-state index in [1.807, 2.05) is 18.2 Å². The highest BCUT2D eigenvalue weighted by Crippen LogP contribution is 2.27. The average molecular weight is 235 g/mol. The minimum absolute atomic E-state index is 0.472. The van der Waals surface area contributed by atoms with Crippen molar-refractivity contribution in [3.63, 3.8) is 0 Å². The lowest BCUT2D eigenvalue weighted by Gasteiger charge is -1.94. The zero-order valence-electron chi connectivity index (χ0n) is 9.42. The Labute approximate surface area is 103 Å². The van der Waals surface area contributed by atoms with Gasteiger partial charge in [0.05, 0.1) is 17.3 Å². The topological polar surface area (TPSA) is 75.8 Å². The second-order valence-electron chi connectivity index (χ2n) is 3.91. The van der Waals surface area contributed by atoms with Gasteiger partial charge in [0, 0.05) is 5.56 Å². The zero-order valence-corrected chi connectivity index (χ0v) is 9.42. The SMILES string of the molecule is N#Cc1cccc(-c2nc3c(N)cccc3o2)c1. The van der Waals surface area contributed by atoms with Crippen molar-refractivity contribution in [3.05, 3.63) is 48.0 Å². The van der Waals surface area contributed by atoms with E-state index in [2.05, 4.69) is 11.1 Å². The molecular weight excluding hydrogens is 226 g/mol. The summed E-state index contributed by atoms with van der Waals surface area (Å²) in [5, 5.41) is 8.87. The highest BCUT2D eigenvalue weighted by molar-refractivity contribution is 5.87. The van der Waals surface area contributed by atoms with Gasteiger partial charge in [0.2, 0.25) is 5.89 Å². The van der Waals surface area contributed by atoms with Crippen molar-refractivity contribution in [3.8, 4) is 17.5 Å². The molecule has 0 saturated heterocycles. The Kier molecular flexibility index (Phi) is 2.24. The van der Waals surface area contributed by atoms with Crippen molar-refractivity contribution in [2.75, 3.05) is 5.73 Å². The van der Waals surface area contributed by atoms with Crippen molar-refractivity contribution >= 4 is 16.8 Å². The van der Waals surface area contributed by atoms with E-state index < -0.39 is 0 Å². The highest BCUT2D eigenvalue weighted by atomic mass is 16.3. The molecule has 0 saturated carbocycles. The van der Waals surface area contributed by atoms with Crippen LogP contribution in [0.5, 0.6) is 0 Å². The van der Waals surface area contributed by atoms with Gasteiger partial charge in [-0.25, -0.2) is 4.98 Å². The molecule has 0 aliphatic carbocycles. The summed E-state index contributed by atoms with van der Waals surface area (Å²) in [6, 6.07) is 14.6. The molecule has 1 heterocycles. The van der Waals surface area contributed by atoms with Crippen molar-refractivity contribution in [2.24, 2.45) is 0 Å². The molecule has 0 amide bonds. The minimum Gasteiger partial charge on any atom is -0.436 e. The van der Waals surface area contributed by atoms with E-state index in [0.29, 0.717) is 28.2 Å². The van der Waals surface area contributed by atoms with E-state index in [1.165, 1.54) is 0 Å². The number of rotatable bonds is 1. The number of oxazole rings is 1. The fraction of sp³-hybridized carbons (Fsp3) is 0. The number of nitrogen functional groups attached to an aromatic ring is 1. The van der Waals surface area contributed by atoms with E-state index in [0.717, 1.165) is 5.56 Å². The lowest BCUT2D eigenvalue weighted by molar-refractivity contribution is 0.620. The van der Waals surface area contributed by atoms with Crippen LogP contribution in [0.1, 0.15) is 5.56 Å². The lowest BCUT2D eigenvalue weighted by atomic mass is 10.1. The Hall–Kier alpha value is -2.80. The molecule has 3 rings (SSSR count). The van der Waals surface area contributed by atoms with Crippen molar-refractivity contribution < 1.29 is 4.42 Å². The Balaban J connectivity index is 2.20. The number of fused-ring (bicyclic) bond motifs is 1. The smallest absolute Gasteiger partial charge is 0.227 e. The van der Waals surface area contributed by atoms with Gasteiger partial charge in [-0.1, -0.05) is 12.1 Å². The number of nitrogens with two attached hydrogens (primary N) is 1. The predicted octanol–water partition coefficient (Wildman–Crippen LogP) is 2.95. The summed E-state index contributed by atoms with van der Waals surface area (Å²) in [5.41, 5.74) is 9.05. The van der Waals surface area contributed by atoms with E-state index in [9.17, 15) is 0 Å². The molecule has 86 valence electrons. The van der Waals surface area contributed by atoms with Gasteiger partial charge in [-0.2, -0.15) is 5.26 Å². The van der Waals surface area contributed by atoms with Crippen LogP contribution in [0.2, 0.25) is 0 Å². The molecule has 2 aromatic carbocycles. The predicted molar refractivity (Wildman–Crippen MR) is 68.6 cm³/mol. The van der Waals surface area contributed by atoms with Gasteiger partial charge in [0.1, 0.15) is 5.52 Å². The molecule has 0 unspecified atom stereocenters. The summed E-state index contributed by atoms with van der Waals surface area (Å²) in [6.07, 6.45) is 0. The van der Waals surface area contributed by atoms with Crippen LogP contribution in [0.4, 0.5) is 5.69 Å². The third-order valence-corrected chi connectivity index (χ3v) is 2.69.